The van der Waals surface area contributed by atoms with Crippen molar-refractivity contribution in [2.24, 2.45) is 0 Å². The zero-order valence-electron chi connectivity index (χ0n) is 12.5. The normalized spacial score (nSPS) is 18.2. The van der Waals surface area contributed by atoms with E-state index in [1.165, 1.54) is 18.1 Å². The summed E-state index contributed by atoms with van der Waals surface area (Å²) in [4.78, 5) is 43.1. The average molecular weight is 289 g/mol. The van der Waals surface area contributed by atoms with Crippen LogP contribution in [0.3, 0.4) is 0 Å². The summed E-state index contributed by atoms with van der Waals surface area (Å²) in [5.41, 5.74) is 1.25. The molecular weight excluding hydrogens is 270 g/mol. The monoisotopic (exact) mass is 289 g/mol. The molecule has 6 heteroatoms. The van der Waals surface area contributed by atoms with Crippen molar-refractivity contribution in [2.75, 3.05) is 13.6 Å². The van der Waals surface area contributed by atoms with Gasteiger partial charge in [0, 0.05) is 25.5 Å². The van der Waals surface area contributed by atoms with Gasteiger partial charge in [-0.2, -0.15) is 0 Å². The smallest absolute Gasteiger partial charge is 0.256 e. The lowest BCUT2D eigenvalue weighted by atomic mass is 10.1. The number of carbonyl (C=O) groups is 3. The number of likely N-dealkylation sites (N-methyl/N-ethyl adjacent to an activating group) is 1. The van der Waals surface area contributed by atoms with Gasteiger partial charge in [0.05, 0.1) is 12.0 Å². The van der Waals surface area contributed by atoms with E-state index in [0.717, 1.165) is 10.6 Å². The molecule has 2 rings (SSSR count). The van der Waals surface area contributed by atoms with Crippen LogP contribution >= 0.6 is 0 Å². The van der Waals surface area contributed by atoms with E-state index in [1.807, 2.05) is 13.8 Å². The van der Waals surface area contributed by atoms with Gasteiger partial charge in [0.25, 0.3) is 11.8 Å². The van der Waals surface area contributed by atoms with E-state index in [2.05, 4.69) is 4.98 Å². The number of hydrogen-bond acceptors (Lipinski definition) is 4. The number of hydrogen-bond donors (Lipinski definition) is 0. The molecule has 112 valence electrons. The molecule has 2 heterocycles. The summed E-state index contributed by atoms with van der Waals surface area (Å²) in [7, 11) is 1.45. The molecule has 0 spiro atoms. The fraction of sp³-hybridized carbons (Fsp3) is 0.467. The van der Waals surface area contributed by atoms with Gasteiger partial charge in [-0.3, -0.25) is 24.3 Å². The predicted octanol–water partition coefficient (Wildman–Crippen LogP) is 1.000. The molecule has 0 aromatic carbocycles. The van der Waals surface area contributed by atoms with Crippen molar-refractivity contribution in [3.05, 3.63) is 29.6 Å². The highest BCUT2D eigenvalue weighted by Gasteiger charge is 2.41. The van der Waals surface area contributed by atoms with Crippen LogP contribution in [0.4, 0.5) is 0 Å². The molecule has 1 saturated heterocycles. The minimum absolute atomic E-state index is 0.0559. The Morgan fingerprint density at radius 2 is 2.14 bits per heavy atom. The summed E-state index contributed by atoms with van der Waals surface area (Å²) >= 11 is 0. The van der Waals surface area contributed by atoms with Crippen molar-refractivity contribution in [3.8, 4) is 0 Å². The van der Waals surface area contributed by atoms with E-state index in [1.54, 1.807) is 12.1 Å². The average Bonchev–Trinajstić information content (AvgIpc) is 2.72. The Bertz CT molecular complexity index is 568. The Hall–Kier alpha value is -2.24. The summed E-state index contributed by atoms with van der Waals surface area (Å²) in [5, 5.41) is 0. The molecule has 0 radical (unpaired) electrons. The third-order valence-corrected chi connectivity index (χ3v) is 3.62. The van der Waals surface area contributed by atoms with Crippen LogP contribution in [0.15, 0.2) is 18.3 Å². The van der Waals surface area contributed by atoms with Crippen LogP contribution in [0.2, 0.25) is 0 Å². The maximum Gasteiger partial charge on any atom is 0.256 e. The second-order valence-corrected chi connectivity index (χ2v) is 5.20. The zero-order chi connectivity index (χ0) is 15.6. The molecule has 0 bridgehead atoms. The molecule has 0 aliphatic carbocycles. The van der Waals surface area contributed by atoms with Crippen molar-refractivity contribution in [1.82, 2.24) is 14.8 Å². The highest BCUT2D eigenvalue weighted by Crippen LogP contribution is 2.20. The summed E-state index contributed by atoms with van der Waals surface area (Å²) in [6.07, 6.45) is 2.28. The second-order valence-electron chi connectivity index (χ2n) is 5.20. The molecular formula is C15H19N3O3. The van der Waals surface area contributed by atoms with Gasteiger partial charge in [0.15, 0.2) is 0 Å². The van der Waals surface area contributed by atoms with E-state index in [9.17, 15) is 14.4 Å². The first-order chi connectivity index (χ1) is 9.95. The third-order valence-electron chi connectivity index (χ3n) is 3.62. The van der Waals surface area contributed by atoms with Crippen LogP contribution in [0, 0.1) is 6.92 Å². The fourth-order valence-corrected chi connectivity index (χ4v) is 2.38. The fourth-order valence-electron chi connectivity index (χ4n) is 2.38. The van der Waals surface area contributed by atoms with Crippen LogP contribution in [-0.4, -0.2) is 52.1 Å². The van der Waals surface area contributed by atoms with E-state index >= 15 is 0 Å². The van der Waals surface area contributed by atoms with Gasteiger partial charge in [-0.1, -0.05) is 6.92 Å². The van der Waals surface area contributed by atoms with Crippen molar-refractivity contribution < 1.29 is 14.4 Å². The Balaban J connectivity index is 2.26. The van der Waals surface area contributed by atoms with E-state index in [4.69, 9.17) is 0 Å². The lowest BCUT2D eigenvalue weighted by Gasteiger charge is -2.26. The summed E-state index contributed by atoms with van der Waals surface area (Å²) in [5.74, 6) is -0.825. The van der Waals surface area contributed by atoms with Crippen LogP contribution < -0.4 is 0 Å². The molecule has 6 nitrogen and oxygen atoms in total. The molecule has 1 aliphatic heterocycles. The van der Waals surface area contributed by atoms with Crippen molar-refractivity contribution in [2.45, 2.75) is 32.7 Å². The molecule has 1 atom stereocenters. The molecule has 1 aliphatic rings. The van der Waals surface area contributed by atoms with Crippen molar-refractivity contribution >= 4 is 17.7 Å². The van der Waals surface area contributed by atoms with Gasteiger partial charge in [-0.15, -0.1) is 0 Å². The molecule has 21 heavy (non-hydrogen) atoms. The Kier molecular flexibility index (Phi) is 4.35. The minimum Gasteiger partial charge on any atom is -0.326 e. The first-order valence-corrected chi connectivity index (χ1v) is 6.99. The lowest BCUT2D eigenvalue weighted by molar-refractivity contribution is -0.137. The molecule has 3 amide bonds. The predicted molar refractivity (Wildman–Crippen MR) is 76.5 cm³/mol. The van der Waals surface area contributed by atoms with Gasteiger partial charge in [0.1, 0.15) is 6.04 Å². The summed E-state index contributed by atoms with van der Waals surface area (Å²) in [6.45, 7) is 4.20. The van der Waals surface area contributed by atoms with Crippen LogP contribution in [0.25, 0.3) is 0 Å². The van der Waals surface area contributed by atoms with E-state index < -0.39 is 6.04 Å². The van der Waals surface area contributed by atoms with Crippen molar-refractivity contribution in [1.29, 1.82) is 0 Å². The third kappa shape index (κ3) is 2.94. The van der Waals surface area contributed by atoms with E-state index in [-0.39, 0.29) is 24.1 Å². The number of imide groups is 1. The van der Waals surface area contributed by atoms with Crippen LogP contribution in [0.1, 0.15) is 35.8 Å². The van der Waals surface area contributed by atoms with Crippen LogP contribution in [-0.2, 0) is 9.59 Å². The number of pyridine rings is 1. The van der Waals surface area contributed by atoms with E-state index in [0.29, 0.717) is 18.5 Å². The number of aromatic nitrogens is 1. The molecule has 1 aromatic heterocycles. The van der Waals surface area contributed by atoms with Crippen LogP contribution in [0.5, 0.6) is 0 Å². The Morgan fingerprint density at radius 3 is 2.62 bits per heavy atom. The quantitative estimate of drug-likeness (QED) is 0.775. The standard InChI is InChI=1S/C15H19N3O3/c1-4-7-18(12-8-13(19)17(3)15(12)21)14(20)11-6-5-10(2)16-9-11/h5-6,9,12H,4,7-8H2,1-3H3. The lowest BCUT2D eigenvalue weighted by Crippen LogP contribution is -2.45. The number of amides is 3. The Labute approximate surface area is 123 Å². The first kappa shape index (κ1) is 15.2. The minimum atomic E-state index is -0.698. The molecule has 0 saturated carbocycles. The maximum atomic E-state index is 12.6. The summed E-state index contributed by atoms with van der Waals surface area (Å²) < 4.78 is 0. The Morgan fingerprint density at radius 1 is 1.43 bits per heavy atom. The zero-order valence-corrected chi connectivity index (χ0v) is 12.5. The largest absolute Gasteiger partial charge is 0.326 e. The van der Waals surface area contributed by atoms with Gasteiger partial charge >= 0.3 is 0 Å². The molecule has 1 fully saturated rings. The van der Waals surface area contributed by atoms with Gasteiger partial charge in [-0.05, 0) is 25.5 Å². The second kappa shape index (κ2) is 6.03. The van der Waals surface area contributed by atoms with Gasteiger partial charge in [-0.25, -0.2) is 0 Å². The first-order valence-electron chi connectivity index (χ1n) is 6.99. The highest BCUT2D eigenvalue weighted by molar-refractivity contribution is 6.07. The highest BCUT2D eigenvalue weighted by atomic mass is 16.2. The number of carbonyl (C=O) groups excluding carboxylic acids is 3. The number of likely N-dealkylation sites (tertiary alicyclic amines) is 1. The maximum absolute atomic E-state index is 12.6. The van der Waals surface area contributed by atoms with Crippen molar-refractivity contribution in [3.63, 3.8) is 0 Å². The molecule has 1 unspecified atom stereocenters. The molecule has 0 N–H and O–H groups in total. The SMILES string of the molecule is CCCN(C(=O)c1ccc(C)nc1)C1CC(=O)N(C)C1=O. The van der Waals surface area contributed by atoms with Gasteiger partial charge < -0.3 is 4.90 Å². The number of aryl methyl sites for hydroxylation is 1. The number of rotatable bonds is 4. The molecule has 1 aromatic rings. The topological polar surface area (TPSA) is 70.6 Å². The number of nitrogens with zero attached hydrogens (tertiary/aromatic N) is 3. The summed E-state index contributed by atoms with van der Waals surface area (Å²) in [6, 6.07) is 2.75. The van der Waals surface area contributed by atoms with Gasteiger partial charge in [0.2, 0.25) is 5.91 Å².